The van der Waals surface area contributed by atoms with Crippen molar-refractivity contribution < 1.29 is 14.6 Å². The van der Waals surface area contributed by atoms with E-state index in [0.717, 1.165) is 33.4 Å². The normalized spacial score (nSPS) is 11.1. The maximum atomic E-state index is 11.7. The van der Waals surface area contributed by atoms with Gasteiger partial charge in [-0.3, -0.25) is 0 Å². The van der Waals surface area contributed by atoms with Gasteiger partial charge in [0.15, 0.2) is 0 Å². The van der Waals surface area contributed by atoms with Gasteiger partial charge in [-0.05, 0) is 33.9 Å². The smallest absolute Gasteiger partial charge is 0.449 e. The maximum Gasteiger partial charge on any atom is 0.511 e. The van der Waals surface area contributed by atoms with Crippen LogP contribution in [0.1, 0.15) is 22.3 Å². The number of hydrogen-bond acceptors (Lipinski definition) is 2. The Bertz CT molecular complexity index is 1320. The molecule has 0 bridgehead atoms. The van der Waals surface area contributed by atoms with Gasteiger partial charge in [-0.2, -0.15) is 0 Å². The predicted molar refractivity (Wildman–Crippen MR) is 139 cm³/mol. The number of benzene rings is 5. The molecule has 170 valence electrons. The first kappa shape index (κ1) is 22.2. The molecule has 0 heterocycles. The lowest BCUT2D eigenvalue weighted by Crippen LogP contribution is -2.32. The average molecular weight is 457 g/mol. The summed E-state index contributed by atoms with van der Waals surface area (Å²) in [5, 5.41) is 9.56. The van der Waals surface area contributed by atoms with Crippen molar-refractivity contribution in [3.05, 3.63) is 162 Å². The Balaban J connectivity index is 1.97. The number of hydrogen-bond donors (Lipinski definition) is 1. The van der Waals surface area contributed by atoms with Gasteiger partial charge in [0.05, 0.1) is 5.41 Å². The minimum absolute atomic E-state index is 0.299. The van der Waals surface area contributed by atoms with E-state index in [1.54, 1.807) is 6.07 Å². The van der Waals surface area contributed by atoms with Gasteiger partial charge >= 0.3 is 6.16 Å². The van der Waals surface area contributed by atoms with E-state index in [2.05, 4.69) is 42.5 Å². The molecule has 0 saturated carbocycles. The van der Waals surface area contributed by atoms with Crippen LogP contribution in [-0.4, -0.2) is 11.3 Å². The maximum absolute atomic E-state index is 11.7. The van der Waals surface area contributed by atoms with Crippen LogP contribution in [0.15, 0.2) is 140 Å². The van der Waals surface area contributed by atoms with Crippen LogP contribution in [0.5, 0.6) is 5.75 Å². The Morgan fingerprint density at radius 2 is 0.971 bits per heavy atom. The van der Waals surface area contributed by atoms with E-state index < -0.39 is 11.6 Å². The molecule has 0 spiro atoms. The number of carboxylic acid groups (broad SMARTS) is 1. The van der Waals surface area contributed by atoms with Crippen molar-refractivity contribution >= 4 is 6.16 Å². The third-order valence-electron chi connectivity index (χ3n) is 6.31. The van der Waals surface area contributed by atoms with Gasteiger partial charge in [-0.15, -0.1) is 0 Å². The highest BCUT2D eigenvalue weighted by Gasteiger charge is 2.40. The highest BCUT2D eigenvalue weighted by molar-refractivity contribution is 5.81. The lowest BCUT2D eigenvalue weighted by Gasteiger charge is -2.38. The van der Waals surface area contributed by atoms with Crippen LogP contribution in [0, 0.1) is 0 Å². The van der Waals surface area contributed by atoms with Gasteiger partial charge in [0, 0.05) is 5.56 Å². The highest BCUT2D eigenvalue weighted by atomic mass is 16.7. The number of rotatable bonds is 6. The number of ether oxygens (including phenoxy) is 1. The largest absolute Gasteiger partial charge is 0.511 e. The molecule has 0 fully saturated rings. The fraction of sp³-hybridized carbons (Fsp3) is 0.0312. The van der Waals surface area contributed by atoms with Crippen LogP contribution in [0.25, 0.3) is 11.1 Å². The van der Waals surface area contributed by atoms with Crippen LogP contribution in [0.2, 0.25) is 0 Å². The molecule has 0 aliphatic heterocycles. The second-order valence-corrected chi connectivity index (χ2v) is 8.26. The van der Waals surface area contributed by atoms with Crippen LogP contribution >= 0.6 is 0 Å². The summed E-state index contributed by atoms with van der Waals surface area (Å²) in [5.74, 6) is 0.299. The van der Waals surface area contributed by atoms with E-state index in [9.17, 15) is 9.90 Å². The van der Waals surface area contributed by atoms with E-state index in [0.29, 0.717) is 5.75 Å². The molecule has 0 atom stereocenters. The molecule has 0 radical (unpaired) electrons. The van der Waals surface area contributed by atoms with E-state index in [1.807, 2.05) is 91.0 Å². The first-order chi connectivity index (χ1) is 17.2. The van der Waals surface area contributed by atoms with Gasteiger partial charge in [0.2, 0.25) is 0 Å². The Morgan fingerprint density at radius 3 is 1.40 bits per heavy atom. The molecule has 5 aromatic rings. The van der Waals surface area contributed by atoms with Gasteiger partial charge in [-0.25, -0.2) is 4.79 Å². The predicted octanol–water partition coefficient (Wildman–Crippen LogP) is 7.79. The molecule has 0 unspecified atom stereocenters. The topological polar surface area (TPSA) is 46.5 Å². The molecule has 0 aliphatic carbocycles. The molecule has 35 heavy (non-hydrogen) atoms. The van der Waals surface area contributed by atoms with E-state index >= 15 is 0 Å². The summed E-state index contributed by atoms with van der Waals surface area (Å²) in [7, 11) is 0. The Morgan fingerprint density at radius 1 is 0.543 bits per heavy atom. The quantitative estimate of drug-likeness (QED) is 0.161. The van der Waals surface area contributed by atoms with Crippen molar-refractivity contribution in [1.29, 1.82) is 0 Å². The van der Waals surface area contributed by atoms with Gasteiger partial charge < -0.3 is 9.84 Å². The summed E-state index contributed by atoms with van der Waals surface area (Å²) in [4.78, 5) is 11.7. The summed E-state index contributed by atoms with van der Waals surface area (Å²) in [6.07, 6.45) is -1.34. The van der Waals surface area contributed by atoms with Crippen molar-refractivity contribution in [3.63, 3.8) is 0 Å². The molecular weight excluding hydrogens is 432 g/mol. The van der Waals surface area contributed by atoms with E-state index in [1.165, 1.54) is 0 Å². The highest BCUT2D eigenvalue weighted by Crippen LogP contribution is 2.50. The molecule has 3 nitrogen and oxygen atoms in total. The summed E-state index contributed by atoms with van der Waals surface area (Å²) < 4.78 is 5.36. The lowest BCUT2D eigenvalue weighted by molar-refractivity contribution is 0.144. The Hall–Kier alpha value is -4.63. The first-order valence-corrected chi connectivity index (χ1v) is 11.5. The number of carbonyl (C=O) groups is 1. The van der Waals surface area contributed by atoms with Crippen LogP contribution in [-0.2, 0) is 5.41 Å². The van der Waals surface area contributed by atoms with Crippen molar-refractivity contribution in [1.82, 2.24) is 0 Å². The molecule has 3 heteroatoms. The molecule has 0 saturated heterocycles. The fourth-order valence-electron chi connectivity index (χ4n) is 4.96. The summed E-state index contributed by atoms with van der Waals surface area (Å²) in [6.45, 7) is 0. The molecule has 0 aromatic heterocycles. The summed E-state index contributed by atoms with van der Waals surface area (Å²) in [6, 6.07) is 46.5. The fourth-order valence-corrected chi connectivity index (χ4v) is 4.96. The Labute approximate surface area is 204 Å². The van der Waals surface area contributed by atoms with Gasteiger partial charge in [0.25, 0.3) is 0 Å². The van der Waals surface area contributed by atoms with Crippen molar-refractivity contribution in [2.24, 2.45) is 0 Å². The van der Waals surface area contributed by atoms with Crippen LogP contribution < -0.4 is 4.74 Å². The second kappa shape index (κ2) is 9.70. The molecule has 1 N–H and O–H groups in total. The molecule has 0 amide bonds. The average Bonchev–Trinajstić information content (AvgIpc) is 2.91. The molecule has 5 rings (SSSR count). The van der Waals surface area contributed by atoms with Crippen LogP contribution in [0.3, 0.4) is 0 Å². The zero-order valence-electron chi connectivity index (χ0n) is 19.0. The van der Waals surface area contributed by atoms with Gasteiger partial charge in [0.1, 0.15) is 5.75 Å². The van der Waals surface area contributed by atoms with Crippen LogP contribution in [0.4, 0.5) is 4.79 Å². The minimum atomic E-state index is -1.34. The Kier molecular flexibility index (Phi) is 6.15. The van der Waals surface area contributed by atoms with E-state index in [-0.39, 0.29) is 0 Å². The molecule has 5 aromatic carbocycles. The first-order valence-electron chi connectivity index (χ1n) is 11.5. The minimum Gasteiger partial charge on any atom is -0.449 e. The second-order valence-electron chi connectivity index (χ2n) is 8.26. The third-order valence-corrected chi connectivity index (χ3v) is 6.31. The van der Waals surface area contributed by atoms with E-state index in [4.69, 9.17) is 4.74 Å². The zero-order chi connectivity index (χ0) is 24.1. The zero-order valence-corrected chi connectivity index (χ0v) is 19.0. The van der Waals surface area contributed by atoms with Gasteiger partial charge in [-0.1, -0.05) is 133 Å². The molecule has 0 aliphatic rings. The lowest BCUT2D eigenvalue weighted by atomic mass is 9.63. The summed E-state index contributed by atoms with van der Waals surface area (Å²) >= 11 is 0. The van der Waals surface area contributed by atoms with Crippen molar-refractivity contribution in [3.8, 4) is 16.9 Å². The third kappa shape index (κ3) is 4.09. The summed E-state index contributed by atoms with van der Waals surface area (Å²) in [5.41, 5.74) is 5.04. The van der Waals surface area contributed by atoms with Crippen molar-refractivity contribution in [2.75, 3.05) is 0 Å². The van der Waals surface area contributed by atoms with Crippen molar-refractivity contribution in [2.45, 2.75) is 5.41 Å². The SMILES string of the molecule is O=C(O)Oc1cccc(C(c2ccccc2)(c2ccccc2)c2ccccc2)c1-c1ccccc1. The monoisotopic (exact) mass is 456 g/mol. The molecular formula is C32H24O3. The standard InChI is InChI=1S/C32H24O3/c33-31(34)35-29-23-13-22-28(30(29)24-14-5-1-6-15-24)32(25-16-7-2-8-17-25,26-18-9-3-10-19-26)27-20-11-4-12-21-27/h1-23H,(H,33,34).